The zero-order valence-electron chi connectivity index (χ0n) is 21.8. The third-order valence-corrected chi connectivity index (χ3v) is 10.9. The summed E-state index contributed by atoms with van der Waals surface area (Å²) in [5.41, 5.74) is 2.27. The number of hydrogen-bond donors (Lipinski definition) is 0. The monoisotopic (exact) mass is 481 g/mol. The van der Waals surface area contributed by atoms with Crippen molar-refractivity contribution in [3.63, 3.8) is 0 Å². The molecule has 4 nitrogen and oxygen atoms in total. The highest BCUT2D eigenvalue weighted by atomic mass is 28.4. The minimum Gasteiger partial charge on any atom is -0.415 e. The number of carbonyl (C=O) groups excluding carboxylic acids is 1. The zero-order chi connectivity index (χ0) is 24.1. The number of benzene rings is 1. The second kappa shape index (κ2) is 8.88. The maximum Gasteiger partial charge on any atom is 0.184 e. The molecule has 4 aliphatic carbocycles. The van der Waals surface area contributed by atoms with Crippen LogP contribution < -0.4 is 0 Å². The average molecular weight is 482 g/mol. The van der Waals surface area contributed by atoms with Crippen LogP contribution in [0, 0.1) is 34.5 Å². The fourth-order valence-corrected chi connectivity index (χ4v) is 9.56. The van der Waals surface area contributed by atoms with Crippen molar-refractivity contribution in [2.45, 2.75) is 97.6 Å². The van der Waals surface area contributed by atoms with Gasteiger partial charge in [-0.1, -0.05) is 49.3 Å². The molecule has 0 N–H and O–H groups in total. The number of Topliss-reactive ketones (excluding diaryl/α,β-unsaturated/α-hetero) is 1. The summed E-state index contributed by atoms with van der Waals surface area (Å²) in [7, 11) is -1.53. The summed E-state index contributed by atoms with van der Waals surface area (Å²) in [6.45, 7) is 12.1. The van der Waals surface area contributed by atoms with Crippen LogP contribution >= 0.6 is 0 Å². The van der Waals surface area contributed by atoms with Crippen molar-refractivity contribution in [2.24, 2.45) is 39.7 Å². The quantitative estimate of drug-likeness (QED) is 0.336. The van der Waals surface area contributed by atoms with E-state index < -0.39 is 8.32 Å². The lowest BCUT2D eigenvalue weighted by atomic mass is 9.45. The summed E-state index contributed by atoms with van der Waals surface area (Å²) in [4.78, 5) is 19.7. The third kappa shape index (κ3) is 4.32. The van der Waals surface area contributed by atoms with Gasteiger partial charge in [-0.2, -0.15) is 0 Å². The molecule has 4 saturated carbocycles. The topological polar surface area (TPSA) is 47.9 Å². The molecular weight excluding hydrogens is 438 g/mol. The highest BCUT2D eigenvalue weighted by Crippen LogP contribution is 2.64. The first kappa shape index (κ1) is 24.2. The molecule has 7 atom stereocenters. The Balaban J connectivity index is 1.31. The van der Waals surface area contributed by atoms with E-state index in [4.69, 9.17) is 9.26 Å². The second-order valence-electron chi connectivity index (χ2n) is 13.1. The van der Waals surface area contributed by atoms with Gasteiger partial charge in [0.05, 0.1) is 5.71 Å². The van der Waals surface area contributed by atoms with Crippen LogP contribution in [0.15, 0.2) is 35.5 Å². The van der Waals surface area contributed by atoms with Crippen molar-refractivity contribution in [1.82, 2.24) is 0 Å². The second-order valence-corrected chi connectivity index (χ2v) is 17.5. The van der Waals surface area contributed by atoms with Gasteiger partial charge in [0.2, 0.25) is 0 Å². The first-order chi connectivity index (χ1) is 16.1. The molecule has 0 bridgehead atoms. The normalized spacial score (nSPS) is 41.0. The lowest BCUT2D eigenvalue weighted by Gasteiger charge is -2.59. The van der Waals surface area contributed by atoms with Crippen LogP contribution in [0.2, 0.25) is 19.6 Å². The van der Waals surface area contributed by atoms with Crippen LogP contribution in [0.25, 0.3) is 0 Å². The Morgan fingerprint density at radius 1 is 1.06 bits per heavy atom. The molecule has 0 amide bonds. The van der Waals surface area contributed by atoms with Gasteiger partial charge in [0.1, 0.15) is 12.4 Å². The smallest absolute Gasteiger partial charge is 0.184 e. The van der Waals surface area contributed by atoms with Crippen molar-refractivity contribution >= 4 is 19.8 Å². The Bertz CT molecular complexity index is 940. The number of carbonyl (C=O) groups is 1. The van der Waals surface area contributed by atoms with E-state index in [0.29, 0.717) is 42.7 Å². The van der Waals surface area contributed by atoms with E-state index in [0.717, 1.165) is 43.4 Å². The Morgan fingerprint density at radius 2 is 1.82 bits per heavy atom. The van der Waals surface area contributed by atoms with Crippen LogP contribution in [0.4, 0.5) is 0 Å². The molecule has 0 aromatic heterocycles. The fraction of sp³-hybridized carbons (Fsp3) is 0.724. The van der Waals surface area contributed by atoms with Gasteiger partial charge in [-0.15, -0.1) is 0 Å². The van der Waals surface area contributed by atoms with Gasteiger partial charge < -0.3 is 9.26 Å². The molecule has 4 fully saturated rings. The molecule has 0 spiro atoms. The van der Waals surface area contributed by atoms with Crippen LogP contribution in [-0.4, -0.2) is 25.9 Å². The third-order valence-electron chi connectivity index (χ3n) is 9.82. The largest absolute Gasteiger partial charge is 0.415 e. The minimum atomic E-state index is -1.53. The molecular formula is C29H43NO3Si. The van der Waals surface area contributed by atoms with Crippen molar-refractivity contribution < 1.29 is 14.1 Å². The molecule has 5 heteroatoms. The molecule has 4 aliphatic rings. The molecule has 0 saturated heterocycles. The molecule has 0 heterocycles. The van der Waals surface area contributed by atoms with Gasteiger partial charge in [-0.25, -0.2) is 0 Å². The summed E-state index contributed by atoms with van der Waals surface area (Å²) in [6.07, 6.45) is 9.02. The first-order valence-corrected chi connectivity index (χ1v) is 16.9. The molecule has 5 rings (SSSR count). The van der Waals surface area contributed by atoms with E-state index in [1.807, 2.05) is 18.2 Å². The Labute approximate surface area is 207 Å². The van der Waals surface area contributed by atoms with Crippen molar-refractivity contribution in [2.75, 3.05) is 0 Å². The average Bonchev–Trinajstić information content (AvgIpc) is 3.09. The van der Waals surface area contributed by atoms with Crippen LogP contribution in [-0.2, 0) is 20.7 Å². The number of rotatable bonds is 5. The Kier molecular flexibility index (Phi) is 6.33. The van der Waals surface area contributed by atoms with Crippen molar-refractivity contribution in [3.8, 4) is 0 Å². The standard InChI is InChI=1S/C29H43NO3Si/c1-28-16-15-22(33-34(3,4)5)17-21(28)11-12-23-24-13-14-26(29(24,2)18-25(31)27(23)28)30-32-19-20-9-7-6-8-10-20/h6-10,21-24,27H,11-19H2,1-5H3/b30-26-/t21-,22+,23-,24-,27+,28-,29-/m0/s1. The van der Waals surface area contributed by atoms with Gasteiger partial charge in [-0.3, -0.25) is 4.79 Å². The molecule has 186 valence electrons. The van der Waals surface area contributed by atoms with E-state index in [2.05, 4.69) is 50.8 Å². The number of ketones is 1. The predicted octanol–water partition coefficient (Wildman–Crippen LogP) is 7.00. The number of hydrogen-bond acceptors (Lipinski definition) is 4. The molecule has 0 radical (unpaired) electrons. The summed E-state index contributed by atoms with van der Waals surface area (Å²) in [6, 6.07) is 10.2. The van der Waals surface area contributed by atoms with Gasteiger partial charge in [-0.05, 0) is 93.3 Å². The molecule has 0 unspecified atom stereocenters. The summed E-state index contributed by atoms with van der Waals surface area (Å²) < 4.78 is 6.53. The van der Waals surface area contributed by atoms with E-state index in [-0.39, 0.29) is 16.7 Å². The molecule has 1 aromatic carbocycles. The van der Waals surface area contributed by atoms with Crippen molar-refractivity contribution in [3.05, 3.63) is 35.9 Å². The van der Waals surface area contributed by atoms with Gasteiger partial charge in [0.25, 0.3) is 0 Å². The van der Waals surface area contributed by atoms with E-state index in [9.17, 15) is 4.79 Å². The summed E-state index contributed by atoms with van der Waals surface area (Å²) in [5.74, 6) is 2.41. The fourth-order valence-electron chi connectivity index (χ4n) is 8.34. The van der Waals surface area contributed by atoms with E-state index in [1.54, 1.807) is 0 Å². The lowest BCUT2D eigenvalue weighted by Crippen LogP contribution is -2.58. The Morgan fingerprint density at radius 3 is 2.56 bits per heavy atom. The van der Waals surface area contributed by atoms with E-state index in [1.165, 1.54) is 12.8 Å². The maximum atomic E-state index is 13.9. The highest BCUT2D eigenvalue weighted by Gasteiger charge is 2.63. The Hall–Kier alpha value is -1.46. The minimum absolute atomic E-state index is 0.129. The van der Waals surface area contributed by atoms with Gasteiger partial charge in [0.15, 0.2) is 8.32 Å². The maximum absolute atomic E-state index is 13.9. The number of fused-ring (bicyclic) bond motifs is 5. The SMILES string of the molecule is C[C@]12CC[C@@H](O[Si](C)(C)C)C[C@@H]1CC[C@@H]1[C@@H]2C(=O)C[C@]2(C)/C(=N\OCc3ccccc3)CC[C@@H]12. The van der Waals surface area contributed by atoms with Crippen molar-refractivity contribution in [1.29, 1.82) is 0 Å². The number of oxime groups is 1. The zero-order valence-corrected chi connectivity index (χ0v) is 22.8. The molecule has 0 aliphatic heterocycles. The first-order valence-electron chi connectivity index (χ1n) is 13.5. The van der Waals surface area contributed by atoms with Crippen LogP contribution in [0.1, 0.15) is 70.8 Å². The van der Waals surface area contributed by atoms with E-state index >= 15 is 0 Å². The van der Waals surface area contributed by atoms with Gasteiger partial charge in [0, 0.05) is 23.9 Å². The molecule has 1 aromatic rings. The van der Waals surface area contributed by atoms with Crippen LogP contribution in [0.3, 0.4) is 0 Å². The predicted molar refractivity (Wildman–Crippen MR) is 139 cm³/mol. The summed E-state index contributed by atoms with van der Waals surface area (Å²) in [5, 5.41) is 4.64. The summed E-state index contributed by atoms with van der Waals surface area (Å²) >= 11 is 0. The molecule has 34 heavy (non-hydrogen) atoms. The highest BCUT2D eigenvalue weighted by molar-refractivity contribution is 6.69. The van der Waals surface area contributed by atoms with Gasteiger partial charge >= 0.3 is 0 Å². The lowest BCUT2D eigenvalue weighted by molar-refractivity contribution is -0.155. The number of nitrogens with zero attached hydrogens (tertiary/aromatic N) is 1. The van der Waals surface area contributed by atoms with Crippen LogP contribution in [0.5, 0.6) is 0 Å².